The Kier molecular flexibility index (Phi) is 5.99. The van der Waals surface area contributed by atoms with Gasteiger partial charge in [-0.15, -0.1) is 0 Å². The topological polar surface area (TPSA) is 62.1 Å². The number of anilines is 1. The number of benzene rings is 3. The zero-order valence-electron chi connectivity index (χ0n) is 17.1. The maximum absolute atomic E-state index is 12.8. The van der Waals surface area contributed by atoms with Crippen LogP contribution in [0.2, 0.25) is 0 Å². The number of carbonyl (C=O) groups is 1. The van der Waals surface area contributed by atoms with Crippen molar-refractivity contribution in [1.82, 2.24) is 0 Å². The summed E-state index contributed by atoms with van der Waals surface area (Å²) in [5.41, 5.74) is 3.51. The lowest BCUT2D eigenvalue weighted by molar-refractivity contribution is -0.112. The Hall–Kier alpha value is -3.58. The zero-order valence-corrected chi connectivity index (χ0v) is 17.1. The lowest BCUT2D eigenvalue weighted by atomic mass is 10.0. The minimum atomic E-state index is -0.440. The van der Waals surface area contributed by atoms with E-state index in [0.29, 0.717) is 11.4 Å². The quantitative estimate of drug-likeness (QED) is 0.447. The first kappa shape index (κ1) is 20.2. The lowest BCUT2D eigenvalue weighted by Crippen LogP contribution is -2.15. The van der Waals surface area contributed by atoms with Crippen molar-refractivity contribution in [1.29, 1.82) is 5.26 Å². The van der Waals surface area contributed by atoms with Crippen LogP contribution in [0.25, 0.3) is 16.8 Å². The third-order valence-corrected chi connectivity index (χ3v) is 4.80. The van der Waals surface area contributed by atoms with Gasteiger partial charge in [-0.2, -0.15) is 5.26 Å². The molecule has 3 aromatic carbocycles. The van der Waals surface area contributed by atoms with Gasteiger partial charge >= 0.3 is 0 Å². The van der Waals surface area contributed by atoms with Gasteiger partial charge < -0.3 is 10.1 Å². The van der Waals surface area contributed by atoms with Gasteiger partial charge in [-0.3, -0.25) is 4.79 Å². The first-order valence-corrected chi connectivity index (χ1v) is 9.58. The Labute approximate surface area is 171 Å². The zero-order chi connectivity index (χ0) is 21.0. The second-order valence-electron chi connectivity index (χ2n) is 7.24. The highest BCUT2D eigenvalue weighted by molar-refractivity contribution is 6.11. The SMILES string of the molecule is Cc1cccc(NC(=O)/C(C#N)=C/c2c(OC(C)C)ccc3ccccc23)c1C. The molecule has 0 heterocycles. The minimum absolute atomic E-state index is 0.0239. The summed E-state index contributed by atoms with van der Waals surface area (Å²) in [5.74, 6) is 0.204. The number of nitrogens with one attached hydrogen (secondary N) is 1. The molecule has 0 radical (unpaired) electrons. The van der Waals surface area contributed by atoms with E-state index in [0.717, 1.165) is 27.5 Å². The van der Waals surface area contributed by atoms with Crippen LogP contribution in [-0.4, -0.2) is 12.0 Å². The molecule has 3 aromatic rings. The number of ether oxygens (including phenoxy) is 1. The van der Waals surface area contributed by atoms with Crippen LogP contribution >= 0.6 is 0 Å². The van der Waals surface area contributed by atoms with E-state index in [4.69, 9.17) is 4.74 Å². The minimum Gasteiger partial charge on any atom is -0.490 e. The summed E-state index contributed by atoms with van der Waals surface area (Å²) in [6.07, 6.45) is 1.58. The fraction of sp³-hybridized carbons (Fsp3) is 0.200. The van der Waals surface area contributed by atoms with Gasteiger partial charge in [0.1, 0.15) is 17.4 Å². The van der Waals surface area contributed by atoms with E-state index >= 15 is 0 Å². The molecule has 29 heavy (non-hydrogen) atoms. The highest BCUT2D eigenvalue weighted by Gasteiger charge is 2.15. The predicted molar refractivity (Wildman–Crippen MR) is 118 cm³/mol. The summed E-state index contributed by atoms with van der Waals surface area (Å²) in [6, 6.07) is 19.4. The molecule has 4 heteroatoms. The molecule has 0 aliphatic carbocycles. The molecular weight excluding hydrogens is 360 g/mol. The number of rotatable bonds is 5. The fourth-order valence-electron chi connectivity index (χ4n) is 3.15. The van der Waals surface area contributed by atoms with Gasteiger partial charge in [-0.1, -0.05) is 42.5 Å². The Balaban J connectivity index is 2.06. The van der Waals surface area contributed by atoms with Crippen molar-refractivity contribution in [3.05, 3.63) is 76.9 Å². The van der Waals surface area contributed by atoms with Crippen LogP contribution in [0.3, 0.4) is 0 Å². The second-order valence-corrected chi connectivity index (χ2v) is 7.24. The molecule has 0 aromatic heterocycles. The van der Waals surface area contributed by atoms with Crippen molar-refractivity contribution in [2.24, 2.45) is 0 Å². The molecule has 0 saturated heterocycles. The maximum Gasteiger partial charge on any atom is 0.266 e. The van der Waals surface area contributed by atoms with Gasteiger partial charge in [0, 0.05) is 11.3 Å². The largest absolute Gasteiger partial charge is 0.490 e. The molecule has 0 aliphatic heterocycles. The summed E-state index contributed by atoms with van der Waals surface area (Å²) in [5, 5.41) is 14.5. The van der Waals surface area contributed by atoms with Gasteiger partial charge in [-0.25, -0.2) is 0 Å². The van der Waals surface area contributed by atoms with Crippen molar-refractivity contribution in [3.8, 4) is 11.8 Å². The monoisotopic (exact) mass is 384 g/mol. The fourth-order valence-corrected chi connectivity index (χ4v) is 3.15. The van der Waals surface area contributed by atoms with Gasteiger partial charge in [0.25, 0.3) is 5.91 Å². The van der Waals surface area contributed by atoms with Crippen LogP contribution in [0.1, 0.15) is 30.5 Å². The molecule has 0 spiro atoms. The van der Waals surface area contributed by atoms with E-state index in [2.05, 4.69) is 5.32 Å². The van der Waals surface area contributed by atoms with E-state index in [9.17, 15) is 10.1 Å². The van der Waals surface area contributed by atoms with E-state index in [-0.39, 0.29) is 11.7 Å². The highest BCUT2D eigenvalue weighted by atomic mass is 16.5. The smallest absolute Gasteiger partial charge is 0.266 e. The highest BCUT2D eigenvalue weighted by Crippen LogP contribution is 2.31. The molecule has 0 bridgehead atoms. The van der Waals surface area contributed by atoms with Crippen molar-refractivity contribution >= 4 is 28.4 Å². The molecule has 0 unspecified atom stereocenters. The number of nitriles is 1. The average molecular weight is 384 g/mol. The molecule has 0 atom stereocenters. The third kappa shape index (κ3) is 4.47. The molecule has 4 nitrogen and oxygen atoms in total. The number of carbonyl (C=O) groups excluding carboxylic acids is 1. The Morgan fingerprint density at radius 2 is 1.83 bits per heavy atom. The molecular formula is C25H24N2O2. The van der Waals surface area contributed by atoms with Crippen LogP contribution < -0.4 is 10.1 Å². The number of aryl methyl sites for hydroxylation is 1. The van der Waals surface area contributed by atoms with Crippen LogP contribution in [0.4, 0.5) is 5.69 Å². The first-order chi connectivity index (χ1) is 13.9. The Morgan fingerprint density at radius 3 is 2.55 bits per heavy atom. The Morgan fingerprint density at radius 1 is 1.07 bits per heavy atom. The predicted octanol–water partition coefficient (Wildman–Crippen LogP) is 5.79. The number of hydrogen-bond acceptors (Lipinski definition) is 3. The molecule has 146 valence electrons. The third-order valence-electron chi connectivity index (χ3n) is 4.80. The summed E-state index contributed by atoms with van der Waals surface area (Å²) < 4.78 is 5.95. The van der Waals surface area contributed by atoms with Crippen LogP contribution in [-0.2, 0) is 4.79 Å². The maximum atomic E-state index is 12.8. The van der Waals surface area contributed by atoms with Crippen molar-refractivity contribution in [3.63, 3.8) is 0 Å². The van der Waals surface area contributed by atoms with Crippen LogP contribution in [0, 0.1) is 25.2 Å². The van der Waals surface area contributed by atoms with Crippen molar-refractivity contribution < 1.29 is 9.53 Å². The molecule has 0 saturated carbocycles. The van der Waals surface area contributed by atoms with E-state index in [1.54, 1.807) is 6.08 Å². The lowest BCUT2D eigenvalue weighted by Gasteiger charge is -2.15. The molecule has 0 aliphatic rings. The number of fused-ring (bicyclic) bond motifs is 1. The Bertz CT molecular complexity index is 1140. The summed E-state index contributed by atoms with van der Waals surface area (Å²) in [6.45, 7) is 7.82. The number of hydrogen-bond donors (Lipinski definition) is 1. The molecule has 3 rings (SSSR count). The summed E-state index contributed by atoms with van der Waals surface area (Å²) in [4.78, 5) is 12.8. The average Bonchev–Trinajstić information content (AvgIpc) is 2.70. The first-order valence-electron chi connectivity index (χ1n) is 9.58. The van der Waals surface area contributed by atoms with Gasteiger partial charge in [0.2, 0.25) is 0 Å². The molecule has 1 N–H and O–H groups in total. The normalized spacial score (nSPS) is 11.4. The van der Waals surface area contributed by atoms with Crippen molar-refractivity contribution in [2.75, 3.05) is 5.32 Å². The number of nitrogens with zero attached hydrogens (tertiary/aromatic N) is 1. The van der Waals surface area contributed by atoms with Gasteiger partial charge in [0.05, 0.1) is 6.10 Å². The van der Waals surface area contributed by atoms with Crippen LogP contribution in [0.5, 0.6) is 5.75 Å². The van der Waals surface area contributed by atoms with Crippen LogP contribution in [0.15, 0.2) is 60.2 Å². The summed E-state index contributed by atoms with van der Waals surface area (Å²) >= 11 is 0. The number of amides is 1. The van der Waals surface area contributed by atoms with E-state index < -0.39 is 5.91 Å². The standard InChI is InChI=1S/C25H24N2O2/c1-16(2)29-24-13-12-19-9-5-6-10-21(19)22(24)14-20(15-26)25(28)27-23-11-7-8-17(3)18(23)4/h5-14,16H,1-4H3,(H,27,28)/b20-14+. The van der Waals surface area contributed by atoms with Gasteiger partial charge in [0.15, 0.2) is 0 Å². The van der Waals surface area contributed by atoms with E-state index in [1.165, 1.54) is 0 Å². The molecule has 1 amide bonds. The van der Waals surface area contributed by atoms with Gasteiger partial charge in [-0.05, 0) is 67.8 Å². The summed E-state index contributed by atoms with van der Waals surface area (Å²) in [7, 11) is 0. The van der Waals surface area contributed by atoms with E-state index in [1.807, 2.05) is 88.4 Å². The second kappa shape index (κ2) is 8.62. The molecule has 0 fully saturated rings. The van der Waals surface area contributed by atoms with Crippen molar-refractivity contribution in [2.45, 2.75) is 33.8 Å².